The van der Waals surface area contributed by atoms with Crippen LogP contribution in [0.15, 0.2) is 35.3 Å². The van der Waals surface area contributed by atoms with Gasteiger partial charge >= 0.3 is 0 Å². The van der Waals surface area contributed by atoms with E-state index >= 15 is 0 Å². The molecule has 2 rings (SSSR count). The van der Waals surface area contributed by atoms with Gasteiger partial charge in [0, 0.05) is 37.5 Å². The number of amides is 1. The molecule has 28 heavy (non-hydrogen) atoms. The molecule has 6 heteroatoms. The number of nitrogens with one attached hydrogen (secondary N) is 2. The van der Waals surface area contributed by atoms with Gasteiger partial charge in [0.2, 0.25) is 5.91 Å². The summed E-state index contributed by atoms with van der Waals surface area (Å²) in [6.07, 6.45) is 1.11. The van der Waals surface area contributed by atoms with E-state index in [1.807, 2.05) is 39.0 Å². The van der Waals surface area contributed by atoms with Crippen LogP contribution in [0.2, 0.25) is 0 Å². The molecule has 2 N–H and O–H groups in total. The van der Waals surface area contributed by atoms with Gasteiger partial charge in [-0.3, -0.25) is 9.79 Å². The Morgan fingerprint density at radius 1 is 1.25 bits per heavy atom. The first-order valence-corrected chi connectivity index (χ1v) is 10.3. The number of rotatable bonds is 8. The van der Waals surface area contributed by atoms with E-state index in [0.717, 1.165) is 38.6 Å². The second kappa shape index (κ2) is 11.1. The Balaban J connectivity index is 1.74. The first-order chi connectivity index (χ1) is 13.4. The van der Waals surface area contributed by atoms with E-state index in [0.29, 0.717) is 25.6 Å². The van der Waals surface area contributed by atoms with Gasteiger partial charge in [-0.1, -0.05) is 51.1 Å². The van der Waals surface area contributed by atoms with Gasteiger partial charge in [0.05, 0.1) is 19.8 Å². The summed E-state index contributed by atoms with van der Waals surface area (Å²) in [6, 6.07) is 10.3. The number of carbonyl (C=O) groups is 1. The summed E-state index contributed by atoms with van der Waals surface area (Å²) in [5.74, 6) is 1.51. The summed E-state index contributed by atoms with van der Waals surface area (Å²) in [6.45, 7) is 13.2. The Morgan fingerprint density at radius 2 is 2.00 bits per heavy atom. The standard InChI is InChI=1S/C22H36N4O2/c1-5-23-21(25-13-12-24-20(27)22(2,3)4)26-14-11-19(15-26)17-28-16-18-9-7-6-8-10-18/h6-10,19H,5,11-17H2,1-4H3,(H,23,25)(H,24,27). The van der Waals surface area contributed by atoms with E-state index in [2.05, 4.69) is 39.6 Å². The van der Waals surface area contributed by atoms with Crippen LogP contribution in [0.5, 0.6) is 0 Å². The topological polar surface area (TPSA) is 66.0 Å². The van der Waals surface area contributed by atoms with Crippen LogP contribution in [0.25, 0.3) is 0 Å². The molecule has 0 aliphatic carbocycles. The molecule has 1 fully saturated rings. The molecule has 1 aliphatic heterocycles. The van der Waals surface area contributed by atoms with E-state index in [-0.39, 0.29) is 11.3 Å². The molecule has 1 unspecified atom stereocenters. The minimum atomic E-state index is -0.365. The number of hydrogen-bond acceptors (Lipinski definition) is 3. The number of hydrogen-bond donors (Lipinski definition) is 2. The fraction of sp³-hybridized carbons (Fsp3) is 0.636. The minimum absolute atomic E-state index is 0.0597. The monoisotopic (exact) mass is 388 g/mol. The van der Waals surface area contributed by atoms with Gasteiger partial charge in [-0.2, -0.15) is 0 Å². The Morgan fingerprint density at radius 3 is 2.68 bits per heavy atom. The van der Waals surface area contributed by atoms with Crippen molar-refractivity contribution in [3.05, 3.63) is 35.9 Å². The predicted molar refractivity (Wildman–Crippen MR) is 114 cm³/mol. The number of ether oxygens (including phenoxy) is 1. The Bertz CT molecular complexity index is 625. The summed E-state index contributed by atoms with van der Waals surface area (Å²) >= 11 is 0. The molecular formula is C22H36N4O2. The first kappa shape index (κ1) is 22.2. The van der Waals surface area contributed by atoms with Crippen LogP contribution in [0.3, 0.4) is 0 Å². The van der Waals surface area contributed by atoms with Crippen LogP contribution >= 0.6 is 0 Å². The molecule has 6 nitrogen and oxygen atoms in total. The first-order valence-electron chi connectivity index (χ1n) is 10.3. The number of nitrogens with zero attached hydrogens (tertiary/aromatic N) is 2. The van der Waals surface area contributed by atoms with Crippen molar-refractivity contribution in [1.82, 2.24) is 15.5 Å². The molecule has 0 radical (unpaired) electrons. The maximum Gasteiger partial charge on any atom is 0.225 e. The lowest BCUT2D eigenvalue weighted by Crippen LogP contribution is -2.41. The van der Waals surface area contributed by atoms with Crippen LogP contribution in [0.4, 0.5) is 0 Å². The lowest BCUT2D eigenvalue weighted by Gasteiger charge is -2.22. The zero-order valence-electron chi connectivity index (χ0n) is 17.8. The highest BCUT2D eigenvalue weighted by molar-refractivity contribution is 5.81. The van der Waals surface area contributed by atoms with Crippen molar-refractivity contribution in [2.24, 2.45) is 16.3 Å². The average molecular weight is 389 g/mol. The molecule has 156 valence electrons. The largest absolute Gasteiger partial charge is 0.376 e. The van der Waals surface area contributed by atoms with Crippen LogP contribution in [0, 0.1) is 11.3 Å². The average Bonchev–Trinajstić information content (AvgIpc) is 3.13. The molecule has 1 atom stereocenters. The molecule has 1 saturated heterocycles. The van der Waals surface area contributed by atoms with Crippen LogP contribution in [-0.2, 0) is 16.1 Å². The van der Waals surface area contributed by atoms with Crippen LogP contribution < -0.4 is 10.6 Å². The van der Waals surface area contributed by atoms with Crippen LogP contribution in [-0.4, -0.2) is 56.1 Å². The molecule has 1 aromatic rings. The Hall–Kier alpha value is -2.08. The zero-order chi connectivity index (χ0) is 20.4. The smallest absolute Gasteiger partial charge is 0.225 e. The Labute approximate surface area is 169 Å². The molecule has 1 amide bonds. The predicted octanol–water partition coefficient (Wildman–Crippen LogP) is 2.65. The second-order valence-corrected chi connectivity index (χ2v) is 8.34. The summed E-state index contributed by atoms with van der Waals surface area (Å²) in [5, 5.41) is 6.32. The Kier molecular flexibility index (Phi) is 8.77. The molecule has 0 saturated carbocycles. The van der Waals surface area contributed by atoms with Gasteiger partial charge in [0.1, 0.15) is 0 Å². The van der Waals surface area contributed by atoms with Gasteiger partial charge in [-0.05, 0) is 18.9 Å². The van der Waals surface area contributed by atoms with Crippen molar-refractivity contribution in [2.45, 2.75) is 40.7 Å². The third-order valence-corrected chi connectivity index (χ3v) is 4.73. The lowest BCUT2D eigenvalue weighted by molar-refractivity contribution is -0.128. The zero-order valence-corrected chi connectivity index (χ0v) is 17.8. The second-order valence-electron chi connectivity index (χ2n) is 8.34. The SMILES string of the molecule is CCNC(=NCCNC(=O)C(C)(C)C)N1CCC(COCc2ccccc2)C1. The molecule has 0 spiro atoms. The van der Waals surface area contributed by atoms with Crippen molar-refractivity contribution in [1.29, 1.82) is 0 Å². The van der Waals surface area contributed by atoms with Crippen molar-refractivity contribution in [3.63, 3.8) is 0 Å². The van der Waals surface area contributed by atoms with Crippen molar-refractivity contribution < 1.29 is 9.53 Å². The third kappa shape index (κ3) is 7.50. The molecule has 1 aromatic carbocycles. The number of benzene rings is 1. The van der Waals surface area contributed by atoms with E-state index < -0.39 is 0 Å². The van der Waals surface area contributed by atoms with E-state index in [1.54, 1.807) is 0 Å². The van der Waals surface area contributed by atoms with Gasteiger partial charge in [0.25, 0.3) is 0 Å². The fourth-order valence-electron chi connectivity index (χ4n) is 3.10. The molecule has 0 bridgehead atoms. The lowest BCUT2D eigenvalue weighted by atomic mass is 9.96. The van der Waals surface area contributed by atoms with Crippen LogP contribution in [0.1, 0.15) is 39.7 Å². The van der Waals surface area contributed by atoms with Crippen molar-refractivity contribution in [3.8, 4) is 0 Å². The van der Waals surface area contributed by atoms with Gasteiger partial charge in [0.15, 0.2) is 5.96 Å². The fourth-order valence-corrected chi connectivity index (χ4v) is 3.10. The number of aliphatic imine (C=N–C) groups is 1. The number of likely N-dealkylation sites (tertiary alicyclic amines) is 1. The van der Waals surface area contributed by atoms with Gasteiger partial charge in [-0.15, -0.1) is 0 Å². The number of guanidine groups is 1. The summed E-state index contributed by atoms with van der Waals surface area (Å²) in [5.41, 5.74) is 0.848. The third-order valence-electron chi connectivity index (χ3n) is 4.73. The highest BCUT2D eigenvalue weighted by atomic mass is 16.5. The number of carbonyl (C=O) groups excluding carboxylic acids is 1. The molecule has 1 aliphatic rings. The summed E-state index contributed by atoms with van der Waals surface area (Å²) < 4.78 is 5.91. The highest BCUT2D eigenvalue weighted by Crippen LogP contribution is 2.17. The highest BCUT2D eigenvalue weighted by Gasteiger charge is 2.25. The van der Waals surface area contributed by atoms with E-state index in [4.69, 9.17) is 4.74 Å². The van der Waals surface area contributed by atoms with Crippen molar-refractivity contribution >= 4 is 11.9 Å². The van der Waals surface area contributed by atoms with E-state index in [1.165, 1.54) is 5.56 Å². The van der Waals surface area contributed by atoms with E-state index in [9.17, 15) is 4.79 Å². The molecule has 0 aromatic heterocycles. The minimum Gasteiger partial charge on any atom is -0.376 e. The summed E-state index contributed by atoms with van der Waals surface area (Å²) in [4.78, 5) is 18.9. The maximum absolute atomic E-state index is 11.9. The molecule has 1 heterocycles. The molecular weight excluding hydrogens is 352 g/mol. The summed E-state index contributed by atoms with van der Waals surface area (Å²) in [7, 11) is 0. The van der Waals surface area contributed by atoms with Crippen molar-refractivity contribution in [2.75, 3.05) is 39.3 Å². The quantitative estimate of drug-likeness (QED) is 0.408. The maximum atomic E-state index is 11.9. The van der Waals surface area contributed by atoms with Gasteiger partial charge < -0.3 is 20.3 Å². The normalized spacial score (nSPS) is 17.6. The van der Waals surface area contributed by atoms with Gasteiger partial charge in [-0.25, -0.2) is 0 Å².